The standard InChI is InChI=1S/C29H33FN10O2S/c1-39-17-19(14-35-39)2-3-20-15-34-28(31)26(27(20)37-23-6-4-22(5-7-23)32-13-11-30)25-10-12-33-29(38-25)21-16-36-40(18-21)43(41,42)24-8-9-24/h10,12,14-18,22-24,32H,4-9,11,13H2,1H3,(H3,31,34,37). The Morgan fingerprint density at radius 3 is 2.53 bits per heavy atom. The predicted octanol–water partition coefficient (Wildman–Crippen LogP) is 2.74. The Morgan fingerprint density at radius 2 is 1.81 bits per heavy atom. The fraction of sp³-hybridized carbons (Fsp3) is 0.414. The number of hydrogen-bond donors (Lipinski definition) is 3. The summed E-state index contributed by atoms with van der Waals surface area (Å²) < 4.78 is 40.7. The Hall–Kier alpha value is -4.35. The lowest BCUT2D eigenvalue weighted by Crippen LogP contribution is -2.38. The van der Waals surface area contributed by atoms with Crippen LogP contribution in [0, 0.1) is 11.8 Å². The maximum absolute atomic E-state index is 12.7. The first-order valence-electron chi connectivity index (χ1n) is 14.3. The first-order valence-corrected chi connectivity index (χ1v) is 15.8. The number of nitrogens with zero attached hydrogens (tertiary/aromatic N) is 7. The summed E-state index contributed by atoms with van der Waals surface area (Å²) in [6.07, 6.45) is 14.5. The van der Waals surface area contributed by atoms with Crippen LogP contribution >= 0.6 is 0 Å². The molecule has 0 bridgehead atoms. The van der Waals surface area contributed by atoms with Gasteiger partial charge in [-0.15, -0.1) is 0 Å². The molecule has 2 saturated carbocycles. The van der Waals surface area contributed by atoms with E-state index in [1.807, 2.05) is 13.2 Å². The monoisotopic (exact) mass is 604 g/mol. The average molecular weight is 605 g/mol. The second-order valence-electron chi connectivity index (χ2n) is 10.9. The topological polar surface area (TPSA) is 159 Å². The quantitative estimate of drug-likeness (QED) is 0.243. The van der Waals surface area contributed by atoms with Crippen LogP contribution in [0.15, 0.2) is 43.2 Å². The number of aryl methyl sites for hydroxylation is 1. The number of nitrogens with two attached hydrogens (primary N) is 1. The third-order valence-corrected chi connectivity index (χ3v) is 9.73. The zero-order valence-corrected chi connectivity index (χ0v) is 24.6. The van der Waals surface area contributed by atoms with E-state index in [2.05, 4.69) is 42.6 Å². The van der Waals surface area contributed by atoms with Crippen LogP contribution in [0.2, 0.25) is 0 Å². The van der Waals surface area contributed by atoms with Gasteiger partial charge < -0.3 is 16.4 Å². The Morgan fingerprint density at radius 1 is 1.02 bits per heavy atom. The number of pyridine rings is 1. The van der Waals surface area contributed by atoms with Crippen molar-refractivity contribution in [2.24, 2.45) is 7.05 Å². The Labute approximate surface area is 249 Å². The van der Waals surface area contributed by atoms with Crippen LogP contribution in [0.5, 0.6) is 0 Å². The molecule has 12 nitrogen and oxygen atoms in total. The van der Waals surface area contributed by atoms with Crippen molar-refractivity contribution in [2.75, 3.05) is 24.3 Å². The zero-order chi connectivity index (χ0) is 30.0. The fourth-order valence-corrected chi connectivity index (χ4v) is 6.75. The van der Waals surface area contributed by atoms with E-state index in [0.717, 1.165) is 35.3 Å². The summed E-state index contributed by atoms with van der Waals surface area (Å²) >= 11 is 0. The highest BCUT2D eigenvalue weighted by molar-refractivity contribution is 7.90. The molecule has 6 rings (SSSR count). The van der Waals surface area contributed by atoms with Gasteiger partial charge in [-0.3, -0.25) is 4.68 Å². The summed E-state index contributed by atoms with van der Waals surface area (Å²) in [6, 6.07) is 2.16. The van der Waals surface area contributed by atoms with Crippen LogP contribution < -0.4 is 16.4 Å². The van der Waals surface area contributed by atoms with E-state index in [1.54, 1.807) is 29.3 Å². The number of nitrogens with one attached hydrogen (secondary N) is 2. The van der Waals surface area contributed by atoms with Crippen LogP contribution in [0.1, 0.15) is 49.7 Å². The molecule has 2 aliphatic carbocycles. The van der Waals surface area contributed by atoms with Crippen LogP contribution in [-0.2, 0) is 17.1 Å². The van der Waals surface area contributed by atoms with Crippen molar-refractivity contribution < 1.29 is 12.8 Å². The summed E-state index contributed by atoms with van der Waals surface area (Å²) in [4.78, 5) is 13.6. The van der Waals surface area contributed by atoms with E-state index >= 15 is 0 Å². The lowest BCUT2D eigenvalue weighted by atomic mass is 9.90. The van der Waals surface area contributed by atoms with Crippen molar-refractivity contribution in [3.05, 3.63) is 54.4 Å². The van der Waals surface area contributed by atoms with Gasteiger partial charge in [0.05, 0.1) is 57.5 Å². The summed E-state index contributed by atoms with van der Waals surface area (Å²) in [6.45, 7) is -0.0157. The van der Waals surface area contributed by atoms with Gasteiger partial charge in [0.25, 0.3) is 10.0 Å². The molecule has 0 spiro atoms. The zero-order valence-electron chi connectivity index (χ0n) is 23.7. The Bertz CT molecular complexity index is 1780. The van der Waals surface area contributed by atoms with Gasteiger partial charge in [-0.25, -0.2) is 27.8 Å². The van der Waals surface area contributed by atoms with Gasteiger partial charge in [0.2, 0.25) is 0 Å². The number of nitrogen functional groups attached to an aromatic ring is 1. The van der Waals surface area contributed by atoms with Crippen molar-refractivity contribution >= 4 is 21.5 Å². The van der Waals surface area contributed by atoms with Crippen LogP contribution in [0.25, 0.3) is 22.6 Å². The van der Waals surface area contributed by atoms with Crippen molar-refractivity contribution in [2.45, 2.75) is 55.9 Å². The number of halogens is 1. The summed E-state index contributed by atoms with van der Waals surface area (Å²) in [5.74, 6) is 6.96. The minimum absolute atomic E-state index is 0.134. The lowest BCUT2D eigenvalue weighted by Gasteiger charge is -2.31. The molecule has 4 aromatic heterocycles. The highest BCUT2D eigenvalue weighted by Gasteiger charge is 2.37. The maximum Gasteiger partial charge on any atom is 0.256 e. The molecule has 224 valence electrons. The molecule has 0 saturated heterocycles. The highest BCUT2D eigenvalue weighted by Crippen LogP contribution is 2.36. The van der Waals surface area contributed by atoms with Crippen LogP contribution in [0.4, 0.5) is 15.9 Å². The molecule has 0 atom stereocenters. The number of rotatable bonds is 9. The molecule has 0 aliphatic heterocycles. The Kier molecular flexibility index (Phi) is 8.09. The van der Waals surface area contributed by atoms with Gasteiger partial charge >= 0.3 is 0 Å². The minimum Gasteiger partial charge on any atom is -0.383 e. The van der Waals surface area contributed by atoms with E-state index in [0.29, 0.717) is 53.3 Å². The summed E-state index contributed by atoms with van der Waals surface area (Å²) in [7, 11) is -1.69. The van der Waals surface area contributed by atoms with Crippen molar-refractivity contribution in [1.29, 1.82) is 0 Å². The van der Waals surface area contributed by atoms with Gasteiger partial charge in [-0.1, -0.05) is 11.8 Å². The first kappa shape index (κ1) is 28.8. The first-order chi connectivity index (χ1) is 20.8. The van der Waals surface area contributed by atoms with Gasteiger partial charge in [0.15, 0.2) is 5.82 Å². The molecule has 14 heteroatoms. The number of aromatic nitrogens is 7. The SMILES string of the molecule is Cn1cc(C#Cc2cnc(N)c(-c3ccnc(-c4cnn(S(=O)(=O)C5CC5)c4)n3)c2NC2CCC(NCCF)CC2)cn1. The predicted molar refractivity (Wildman–Crippen MR) is 161 cm³/mol. The molecule has 2 aliphatic rings. The van der Waals surface area contributed by atoms with Crippen molar-refractivity contribution in [3.8, 4) is 34.5 Å². The van der Waals surface area contributed by atoms with Crippen molar-refractivity contribution in [3.63, 3.8) is 0 Å². The van der Waals surface area contributed by atoms with Gasteiger partial charge in [0.1, 0.15) is 12.5 Å². The normalized spacial score (nSPS) is 18.7. The molecular formula is C29H33FN10O2S. The number of alkyl halides is 1. The molecule has 0 radical (unpaired) electrons. The third-order valence-electron chi connectivity index (χ3n) is 7.69. The fourth-order valence-electron chi connectivity index (χ4n) is 5.27. The molecule has 0 unspecified atom stereocenters. The van der Waals surface area contributed by atoms with E-state index in [4.69, 9.17) is 10.7 Å². The molecule has 0 amide bonds. The molecular weight excluding hydrogens is 571 g/mol. The second-order valence-corrected chi connectivity index (χ2v) is 13.0. The van der Waals surface area contributed by atoms with Gasteiger partial charge in [-0.2, -0.15) is 14.3 Å². The van der Waals surface area contributed by atoms with Gasteiger partial charge in [0, 0.05) is 44.3 Å². The Balaban J connectivity index is 1.36. The summed E-state index contributed by atoms with van der Waals surface area (Å²) in [5.41, 5.74) is 10.2. The van der Waals surface area contributed by atoms with E-state index in [1.165, 1.54) is 12.4 Å². The molecule has 0 aromatic carbocycles. The minimum atomic E-state index is -3.52. The molecule has 4 aromatic rings. The second kappa shape index (κ2) is 12.1. The number of hydrogen-bond acceptors (Lipinski definition) is 10. The summed E-state index contributed by atoms with van der Waals surface area (Å²) in [5, 5.41) is 14.8. The smallest absolute Gasteiger partial charge is 0.256 e. The largest absolute Gasteiger partial charge is 0.383 e. The van der Waals surface area contributed by atoms with Crippen LogP contribution in [-0.4, -0.2) is 72.9 Å². The van der Waals surface area contributed by atoms with Gasteiger partial charge in [-0.05, 0) is 44.6 Å². The molecule has 43 heavy (non-hydrogen) atoms. The third kappa shape index (κ3) is 6.37. The highest BCUT2D eigenvalue weighted by atomic mass is 32.2. The van der Waals surface area contributed by atoms with Crippen LogP contribution in [0.3, 0.4) is 0 Å². The van der Waals surface area contributed by atoms with E-state index < -0.39 is 15.3 Å². The van der Waals surface area contributed by atoms with Crippen molar-refractivity contribution in [1.82, 2.24) is 39.2 Å². The van der Waals surface area contributed by atoms with E-state index in [-0.39, 0.29) is 24.6 Å². The lowest BCUT2D eigenvalue weighted by molar-refractivity contribution is 0.339. The molecule has 4 heterocycles. The average Bonchev–Trinajstić information content (AvgIpc) is 3.61. The number of anilines is 2. The molecule has 4 N–H and O–H groups in total. The maximum atomic E-state index is 12.7. The molecule has 2 fully saturated rings. The van der Waals surface area contributed by atoms with E-state index in [9.17, 15) is 12.8 Å².